The minimum atomic E-state index is -2.03. The summed E-state index contributed by atoms with van der Waals surface area (Å²) in [5.74, 6) is -5.51. The van der Waals surface area contributed by atoms with Gasteiger partial charge in [0.1, 0.15) is 23.8 Å². The number of anilines is 1. The van der Waals surface area contributed by atoms with Crippen molar-refractivity contribution < 1.29 is 36.9 Å². The number of alkyl halides is 1. The Hall–Kier alpha value is -4.72. The van der Waals surface area contributed by atoms with Gasteiger partial charge in [0.2, 0.25) is 0 Å². The molecule has 1 aliphatic heterocycles. The summed E-state index contributed by atoms with van der Waals surface area (Å²) < 4.78 is 69.9. The minimum absolute atomic E-state index is 0.00620. The predicted molar refractivity (Wildman–Crippen MR) is 142 cm³/mol. The standard InChI is InChI=1S/C27H24F4N6O4/c1-13-16(4-14(5-18(13)28)25(39)36-12-32)17-8-34-24-22(17)21(2-3-33-24)41-23-19(29)6-15(7-20(23)30)37-26-35-9-27(31,10-38)11-40-26/h2-8,12-13,16,38H,9-11H2,1H3,(H,33,34)(H,35,37)(H2,32,36,39). The van der Waals surface area contributed by atoms with Gasteiger partial charge in [0, 0.05) is 47.6 Å². The largest absolute Gasteiger partial charge is 0.461 e. The van der Waals surface area contributed by atoms with E-state index in [1.807, 2.05) is 0 Å². The average molecular weight is 573 g/mol. The molecule has 1 amide bonds. The minimum Gasteiger partial charge on any atom is -0.461 e. The van der Waals surface area contributed by atoms with Crippen molar-refractivity contribution >= 4 is 35.0 Å². The number of amidine groups is 1. The molecule has 0 radical (unpaired) electrons. The number of benzene rings is 1. The Kier molecular flexibility index (Phi) is 7.49. The first-order valence-corrected chi connectivity index (χ1v) is 12.4. The molecular weight excluding hydrogens is 548 g/mol. The molecule has 41 heavy (non-hydrogen) atoms. The van der Waals surface area contributed by atoms with E-state index in [1.165, 1.54) is 18.3 Å². The molecule has 2 aliphatic rings. The average Bonchev–Trinajstić information content (AvgIpc) is 3.38. The number of ether oxygens (including phenoxy) is 2. The van der Waals surface area contributed by atoms with Gasteiger partial charge < -0.3 is 30.6 Å². The number of amides is 1. The van der Waals surface area contributed by atoms with E-state index in [2.05, 4.69) is 25.3 Å². The predicted octanol–water partition coefficient (Wildman–Crippen LogP) is 4.16. The van der Waals surface area contributed by atoms with Crippen molar-refractivity contribution in [3.63, 3.8) is 0 Å². The summed E-state index contributed by atoms with van der Waals surface area (Å²) in [4.78, 5) is 26.8. The SMILES string of the molecule is CC1C(F)=CC(C(=O)N=CN)=CC1c1c[nH]c2nccc(Oc3c(F)cc(NC4=NCC(F)(CO)CO4)cc3F)c12. The number of aliphatic imine (C=N–C) groups is 2. The quantitative estimate of drug-likeness (QED) is 0.197. The molecule has 3 unspecified atom stereocenters. The lowest BCUT2D eigenvalue weighted by Crippen LogP contribution is -2.43. The van der Waals surface area contributed by atoms with Crippen LogP contribution in [0.25, 0.3) is 11.0 Å². The number of hydrogen-bond acceptors (Lipinski definition) is 7. The number of halogens is 4. The van der Waals surface area contributed by atoms with Gasteiger partial charge in [-0.05, 0) is 17.7 Å². The highest BCUT2D eigenvalue weighted by Gasteiger charge is 2.34. The van der Waals surface area contributed by atoms with Crippen molar-refractivity contribution in [2.24, 2.45) is 21.6 Å². The molecule has 5 N–H and O–H groups in total. The Labute approximate surface area is 230 Å². The van der Waals surface area contributed by atoms with Crippen molar-refractivity contribution in [3.8, 4) is 11.5 Å². The van der Waals surface area contributed by atoms with Crippen LogP contribution in [0, 0.1) is 17.6 Å². The number of pyridine rings is 1. The van der Waals surface area contributed by atoms with Gasteiger partial charge in [-0.25, -0.2) is 27.5 Å². The van der Waals surface area contributed by atoms with Gasteiger partial charge in [-0.1, -0.05) is 13.0 Å². The third-order valence-corrected chi connectivity index (χ3v) is 6.71. The third kappa shape index (κ3) is 5.50. The smallest absolute Gasteiger partial charge is 0.289 e. The van der Waals surface area contributed by atoms with Gasteiger partial charge in [-0.2, -0.15) is 4.99 Å². The fraction of sp³-hybridized carbons (Fsp3) is 0.259. The number of aliphatic hydroxyl groups is 1. The van der Waals surface area contributed by atoms with Gasteiger partial charge in [0.25, 0.3) is 11.9 Å². The molecule has 10 nitrogen and oxygen atoms in total. The topological polar surface area (TPSA) is 147 Å². The van der Waals surface area contributed by atoms with Crippen LogP contribution in [0.1, 0.15) is 18.4 Å². The van der Waals surface area contributed by atoms with Crippen LogP contribution >= 0.6 is 0 Å². The van der Waals surface area contributed by atoms with E-state index in [-0.39, 0.29) is 29.6 Å². The van der Waals surface area contributed by atoms with Crippen LogP contribution in [0.2, 0.25) is 0 Å². The lowest BCUT2D eigenvalue weighted by atomic mass is 9.81. The number of hydrogen-bond donors (Lipinski definition) is 4. The number of nitrogens with one attached hydrogen (secondary N) is 2. The number of aliphatic hydroxyl groups excluding tert-OH is 1. The van der Waals surface area contributed by atoms with E-state index in [0.717, 1.165) is 24.5 Å². The number of rotatable bonds is 6. The maximum atomic E-state index is 15.1. The lowest BCUT2D eigenvalue weighted by molar-refractivity contribution is -0.114. The zero-order chi connectivity index (χ0) is 29.3. The van der Waals surface area contributed by atoms with Crippen molar-refractivity contribution in [2.75, 3.05) is 25.1 Å². The van der Waals surface area contributed by atoms with Crippen LogP contribution in [-0.2, 0) is 9.53 Å². The summed E-state index contributed by atoms with van der Waals surface area (Å²) in [5, 5.41) is 12.0. The first-order valence-electron chi connectivity index (χ1n) is 12.4. The number of carbonyl (C=O) groups is 1. The summed E-state index contributed by atoms with van der Waals surface area (Å²) in [6, 6.07) is 3.10. The number of allylic oxidation sites excluding steroid dienone is 2. The van der Waals surface area contributed by atoms with Crippen LogP contribution < -0.4 is 15.8 Å². The van der Waals surface area contributed by atoms with Gasteiger partial charge in [-0.15, -0.1) is 0 Å². The van der Waals surface area contributed by atoms with Crippen molar-refractivity contribution in [1.82, 2.24) is 9.97 Å². The van der Waals surface area contributed by atoms with Crippen molar-refractivity contribution in [2.45, 2.75) is 18.5 Å². The molecule has 0 bridgehead atoms. The molecule has 2 aromatic heterocycles. The van der Waals surface area contributed by atoms with E-state index in [9.17, 15) is 13.6 Å². The highest BCUT2D eigenvalue weighted by Crippen LogP contribution is 2.43. The lowest BCUT2D eigenvalue weighted by Gasteiger charge is -2.26. The second-order valence-corrected chi connectivity index (χ2v) is 9.54. The summed E-state index contributed by atoms with van der Waals surface area (Å²) in [5.41, 5.74) is 3.87. The molecule has 0 saturated heterocycles. The Morgan fingerprint density at radius 2 is 2.12 bits per heavy atom. The number of carbonyl (C=O) groups excluding carboxylic acids is 1. The molecule has 3 heterocycles. The molecule has 214 valence electrons. The number of H-pyrrole nitrogens is 1. The third-order valence-electron chi connectivity index (χ3n) is 6.71. The first kappa shape index (κ1) is 27.8. The van der Waals surface area contributed by atoms with Crippen LogP contribution in [-0.4, -0.2) is 58.8 Å². The summed E-state index contributed by atoms with van der Waals surface area (Å²) in [6.07, 6.45) is 6.36. The van der Waals surface area contributed by atoms with Gasteiger partial charge in [0.15, 0.2) is 23.1 Å². The maximum Gasteiger partial charge on any atom is 0.289 e. The molecule has 1 aliphatic carbocycles. The number of nitrogens with zero attached hydrogens (tertiary/aromatic N) is 3. The summed E-state index contributed by atoms with van der Waals surface area (Å²) in [6.45, 7) is -0.0326. The molecule has 0 fully saturated rings. The highest BCUT2D eigenvalue weighted by molar-refractivity contribution is 6.01. The molecule has 3 atom stereocenters. The fourth-order valence-corrected chi connectivity index (χ4v) is 4.51. The Morgan fingerprint density at radius 3 is 2.78 bits per heavy atom. The molecule has 0 saturated carbocycles. The van der Waals surface area contributed by atoms with E-state index >= 15 is 8.78 Å². The molecule has 5 rings (SSSR count). The number of nitrogens with two attached hydrogens (primary N) is 1. The number of aromatic nitrogens is 2. The van der Waals surface area contributed by atoms with Crippen molar-refractivity contribution in [1.29, 1.82) is 0 Å². The Bertz CT molecular complexity index is 1610. The molecule has 14 heteroatoms. The first-order chi connectivity index (χ1) is 19.6. The van der Waals surface area contributed by atoms with Gasteiger partial charge >= 0.3 is 0 Å². The molecule has 1 aromatic carbocycles. The zero-order valence-corrected chi connectivity index (χ0v) is 21.5. The monoisotopic (exact) mass is 572 g/mol. The fourth-order valence-electron chi connectivity index (χ4n) is 4.51. The van der Waals surface area contributed by atoms with E-state index in [1.54, 1.807) is 13.1 Å². The normalized spacial score (nSPS) is 22.6. The van der Waals surface area contributed by atoms with E-state index in [4.69, 9.17) is 20.3 Å². The van der Waals surface area contributed by atoms with Crippen molar-refractivity contribution in [3.05, 3.63) is 71.3 Å². The summed E-state index contributed by atoms with van der Waals surface area (Å²) >= 11 is 0. The van der Waals surface area contributed by atoms with Crippen LogP contribution in [0.3, 0.4) is 0 Å². The Morgan fingerprint density at radius 1 is 1.37 bits per heavy atom. The second kappa shape index (κ2) is 11.0. The maximum absolute atomic E-state index is 15.1. The molecular formula is C27H24F4N6O4. The Balaban J connectivity index is 1.46. The van der Waals surface area contributed by atoms with Crippen LogP contribution in [0.4, 0.5) is 23.2 Å². The van der Waals surface area contributed by atoms with E-state index in [0.29, 0.717) is 16.6 Å². The second-order valence-electron chi connectivity index (χ2n) is 9.54. The number of aromatic amines is 1. The van der Waals surface area contributed by atoms with Gasteiger partial charge in [-0.3, -0.25) is 4.79 Å². The summed E-state index contributed by atoms with van der Waals surface area (Å²) in [7, 11) is 0. The van der Waals surface area contributed by atoms with Crippen LogP contribution in [0.15, 0.2) is 64.1 Å². The number of fused-ring (bicyclic) bond motifs is 1. The zero-order valence-electron chi connectivity index (χ0n) is 21.5. The van der Waals surface area contributed by atoms with Crippen LogP contribution in [0.5, 0.6) is 11.5 Å². The van der Waals surface area contributed by atoms with E-state index < -0.39 is 59.8 Å². The molecule has 0 spiro atoms. The van der Waals surface area contributed by atoms with Gasteiger partial charge in [0.05, 0.1) is 24.9 Å². The highest BCUT2D eigenvalue weighted by atomic mass is 19.1. The molecule has 3 aromatic rings.